The van der Waals surface area contributed by atoms with Gasteiger partial charge in [-0.2, -0.15) is 11.8 Å². The average Bonchev–Trinajstić information content (AvgIpc) is 1.82. The van der Waals surface area contributed by atoms with Crippen LogP contribution >= 0.6 is 11.8 Å². The van der Waals surface area contributed by atoms with Crippen LogP contribution in [-0.4, -0.2) is 34.6 Å². The number of carboxylic acids is 1. The van der Waals surface area contributed by atoms with Crippen LogP contribution in [0.15, 0.2) is 0 Å². The van der Waals surface area contributed by atoms with Crippen molar-refractivity contribution in [2.24, 2.45) is 5.73 Å². The second-order valence-corrected chi connectivity index (χ2v) is 2.71. The molecule has 0 unspecified atom stereocenters. The van der Waals surface area contributed by atoms with Crippen molar-refractivity contribution < 1.29 is 32.4 Å². The normalized spacial score (nSPS) is 10.7. The number of rotatable bonds is 4. The fraction of sp³-hybridized carbons (Fsp3) is 0.800. The van der Waals surface area contributed by atoms with Crippen molar-refractivity contribution in [3.63, 3.8) is 0 Å². The molecule has 0 aromatic heterocycles. The molecule has 0 aromatic carbocycles. The molecular weight excluding hydrogens is 218 g/mol. The van der Waals surface area contributed by atoms with Gasteiger partial charge in [0.1, 0.15) is 6.04 Å². The Labute approximate surface area is 80.7 Å². The second-order valence-electron chi connectivity index (χ2n) is 1.73. The Morgan fingerprint density at radius 2 is 2.18 bits per heavy atom. The maximum atomic E-state index is 10.1. The number of thioether (sulfide) groups is 1. The minimum absolute atomic E-state index is 0. The molecule has 1 atom stereocenters. The number of aliphatic carboxylic acids is 1. The standard InChI is InChI=1S/C5H11NO2S.Cu.H2O/c1-9-3-2-4(6)5(7)8;;/h4H,2-3,6H2,1H3,(H,7,8);;1H2/t4-;;/m0../s1. The molecule has 1 radical (unpaired) electrons. The Bertz CT molecular complexity index is 104. The predicted octanol–water partition coefficient (Wildman–Crippen LogP) is -0.676. The van der Waals surface area contributed by atoms with Crippen molar-refractivity contribution in [3.8, 4) is 0 Å². The number of hydrogen-bond donors (Lipinski definition) is 2. The second kappa shape index (κ2) is 10.3. The summed E-state index contributed by atoms with van der Waals surface area (Å²) in [7, 11) is 0. The summed E-state index contributed by atoms with van der Waals surface area (Å²) in [5, 5.41) is 8.27. The van der Waals surface area contributed by atoms with Crippen LogP contribution in [0, 0.1) is 0 Å². The first-order valence-corrected chi connectivity index (χ1v) is 4.05. The Balaban J connectivity index is -0.000000320. The van der Waals surface area contributed by atoms with Crippen LogP contribution in [0.1, 0.15) is 6.42 Å². The molecular formula is C5H13CuNO3S. The zero-order chi connectivity index (χ0) is 7.28. The molecule has 0 spiro atoms. The first-order valence-electron chi connectivity index (χ1n) is 2.65. The maximum absolute atomic E-state index is 10.1. The summed E-state index contributed by atoms with van der Waals surface area (Å²) in [6.07, 6.45) is 2.48. The number of nitrogens with two attached hydrogens (primary N) is 1. The zero-order valence-corrected chi connectivity index (χ0v) is 7.89. The van der Waals surface area contributed by atoms with Crippen LogP contribution in [0.25, 0.3) is 0 Å². The monoisotopic (exact) mass is 230 g/mol. The summed E-state index contributed by atoms with van der Waals surface area (Å²) in [6, 6.07) is -0.683. The molecule has 0 bridgehead atoms. The van der Waals surface area contributed by atoms with E-state index in [0.29, 0.717) is 6.42 Å². The summed E-state index contributed by atoms with van der Waals surface area (Å²) in [4.78, 5) is 10.1. The van der Waals surface area contributed by atoms with Gasteiger partial charge in [-0.1, -0.05) is 0 Å². The van der Waals surface area contributed by atoms with Crippen molar-refractivity contribution in [1.29, 1.82) is 0 Å². The van der Waals surface area contributed by atoms with E-state index in [4.69, 9.17) is 10.8 Å². The Kier molecular flexibility index (Phi) is 16.2. The van der Waals surface area contributed by atoms with Gasteiger partial charge in [0.25, 0.3) is 0 Å². The van der Waals surface area contributed by atoms with Crippen LogP contribution in [0.2, 0.25) is 0 Å². The van der Waals surface area contributed by atoms with Crippen molar-refractivity contribution in [2.75, 3.05) is 12.0 Å². The van der Waals surface area contributed by atoms with Crippen LogP contribution in [0.5, 0.6) is 0 Å². The van der Waals surface area contributed by atoms with E-state index < -0.39 is 12.0 Å². The van der Waals surface area contributed by atoms with Crippen LogP contribution < -0.4 is 5.73 Å². The van der Waals surface area contributed by atoms with Gasteiger partial charge in [-0.05, 0) is 18.4 Å². The molecule has 5 N–H and O–H groups in total. The maximum Gasteiger partial charge on any atom is 0.320 e. The summed E-state index contributed by atoms with van der Waals surface area (Å²) in [6.45, 7) is 0. The van der Waals surface area contributed by atoms with Gasteiger partial charge in [0.2, 0.25) is 0 Å². The molecule has 0 aliphatic heterocycles. The van der Waals surface area contributed by atoms with Gasteiger partial charge < -0.3 is 16.3 Å². The summed E-state index contributed by atoms with van der Waals surface area (Å²) < 4.78 is 0. The molecule has 0 saturated carbocycles. The molecule has 11 heavy (non-hydrogen) atoms. The largest absolute Gasteiger partial charge is 0.480 e. The fourth-order valence-electron chi connectivity index (χ4n) is 0.368. The summed E-state index contributed by atoms with van der Waals surface area (Å²) >= 11 is 1.60. The van der Waals surface area contributed by atoms with Crippen molar-refractivity contribution >= 4 is 17.7 Å². The molecule has 0 aliphatic carbocycles. The quantitative estimate of drug-likeness (QED) is 0.626. The Morgan fingerprint density at radius 1 is 1.73 bits per heavy atom. The number of carboxylic acid groups (broad SMARTS) is 1. The van der Waals surface area contributed by atoms with Crippen LogP contribution in [-0.2, 0) is 21.9 Å². The number of hydrogen-bond acceptors (Lipinski definition) is 3. The molecule has 0 amide bonds. The van der Waals surface area contributed by atoms with Gasteiger partial charge in [-0.25, -0.2) is 0 Å². The van der Waals surface area contributed by atoms with Gasteiger partial charge in [-0.15, -0.1) is 0 Å². The van der Waals surface area contributed by atoms with Gasteiger partial charge in [0.15, 0.2) is 0 Å². The third kappa shape index (κ3) is 10.3. The third-order valence-electron chi connectivity index (χ3n) is 0.950. The first-order chi connectivity index (χ1) is 4.18. The van der Waals surface area contributed by atoms with Gasteiger partial charge >= 0.3 is 5.97 Å². The van der Waals surface area contributed by atoms with E-state index in [1.165, 1.54) is 0 Å². The SMILES string of the molecule is CSCC[C@H](N)C(=O)O.O.[Cu]. The van der Waals surface area contributed by atoms with E-state index in [0.717, 1.165) is 5.75 Å². The summed E-state index contributed by atoms with van der Waals surface area (Å²) in [5.74, 6) is -0.1000. The smallest absolute Gasteiger partial charge is 0.320 e. The van der Waals surface area contributed by atoms with E-state index in [9.17, 15) is 4.79 Å². The van der Waals surface area contributed by atoms with Crippen LogP contribution in [0.3, 0.4) is 0 Å². The molecule has 0 rings (SSSR count). The van der Waals surface area contributed by atoms with Gasteiger partial charge in [-0.3, -0.25) is 4.79 Å². The molecule has 0 saturated heterocycles. The average molecular weight is 231 g/mol. The molecule has 0 aromatic rings. The van der Waals surface area contributed by atoms with E-state index in [-0.39, 0.29) is 22.5 Å². The molecule has 4 nitrogen and oxygen atoms in total. The number of carbonyl (C=O) groups is 1. The first kappa shape index (κ1) is 17.4. The van der Waals surface area contributed by atoms with E-state index in [1.54, 1.807) is 11.8 Å². The topological polar surface area (TPSA) is 94.8 Å². The molecule has 0 heterocycles. The predicted molar refractivity (Wildman–Crippen MR) is 42.2 cm³/mol. The van der Waals surface area contributed by atoms with E-state index in [1.807, 2.05) is 6.26 Å². The van der Waals surface area contributed by atoms with Crippen LogP contribution in [0.4, 0.5) is 0 Å². The third-order valence-corrected chi connectivity index (χ3v) is 1.59. The Hall–Kier alpha value is 0.259. The van der Waals surface area contributed by atoms with Gasteiger partial charge in [0.05, 0.1) is 0 Å². The molecule has 0 aliphatic rings. The van der Waals surface area contributed by atoms with Gasteiger partial charge in [0, 0.05) is 17.1 Å². The fourth-order valence-corrected chi connectivity index (χ4v) is 0.858. The van der Waals surface area contributed by atoms with E-state index >= 15 is 0 Å². The summed E-state index contributed by atoms with van der Waals surface area (Å²) in [5.41, 5.74) is 5.19. The van der Waals surface area contributed by atoms with Crippen molar-refractivity contribution in [1.82, 2.24) is 0 Å². The zero-order valence-electron chi connectivity index (χ0n) is 6.13. The minimum Gasteiger partial charge on any atom is -0.480 e. The molecule has 73 valence electrons. The molecule has 6 heteroatoms. The van der Waals surface area contributed by atoms with Crippen molar-refractivity contribution in [3.05, 3.63) is 0 Å². The Morgan fingerprint density at radius 3 is 2.45 bits per heavy atom. The minimum atomic E-state index is -0.913. The van der Waals surface area contributed by atoms with E-state index in [2.05, 4.69) is 0 Å². The van der Waals surface area contributed by atoms with Crippen molar-refractivity contribution in [2.45, 2.75) is 12.5 Å². The molecule has 0 fully saturated rings.